The Morgan fingerprint density at radius 2 is 1.76 bits per heavy atom. The lowest BCUT2D eigenvalue weighted by molar-refractivity contribution is 0.0696. The standard InChI is InChI=1S/C21H22N2O5S/c1-13-5-6-17(23-8-7-22-12-23)11-18(13)20(28-29(4,26)27)19-14(2)9-16(21(24)25)10-15(19)3/h5-12,20H,1-4H3,(H,24,25). The second-order valence-corrected chi connectivity index (χ2v) is 8.62. The fourth-order valence-electron chi connectivity index (χ4n) is 3.42. The van der Waals surface area contributed by atoms with Crippen molar-refractivity contribution in [2.24, 2.45) is 0 Å². The maximum Gasteiger partial charge on any atom is 0.335 e. The van der Waals surface area contributed by atoms with Crippen molar-refractivity contribution in [3.8, 4) is 5.69 Å². The molecule has 1 atom stereocenters. The second kappa shape index (κ2) is 7.81. The summed E-state index contributed by atoms with van der Waals surface area (Å²) in [6, 6.07) is 8.71. The van der Waals surface area contributed by atoms with E-state index in [9.17, 15) is 18.3 Å². The molecule has 8 heteroatoms. The first-order valence-electron chi connectivity index (χ1n) is 8.88. The normalized spacial score (nSPS) is 12.7. The Kier molecular flexibility index (Phi) is 5.59. The first-order valence-corrected chi connectivity index (χ1v) is 10.7. The maximum atomic E-state index is 12.1. The van der Waals surface area contributed by atoms with Gasteiger partial charge in [0.2, 0.25) is 0 Å². The molecule has 29 heavy (non-hydrogen) atoms. The van der Waals surface area contributed by atoms with Crippen LogP contribution in [0.25, 0.3) is 5.69 Å². The van der Waals surface area contributed by atoms with E-state index in [0.717, 1.165) is 17.5 Å². The SMILES string of the molecule is Cc1ccc(-n2ccnc2)cc1C(OS(C)(=O)=O)c1c(C)cc(C(=O)O)cc1C. The molecule has 3 rings (SSSR count). The molecule has 0 radical (unpaired) electrons. The van der Waals surface area contributed by atoms with Crippen molar-refractivity contribution in [2.45, 2.75) is 26.9 Å². The lowest BCUT2D eigenvalue weighted by Crippen LogP contribution is -2.16. The average molecular weight is 414 g/mol. The van der Waals surface area contributed by atoms with Crippen LogP contribution in [-0.4, -0.2) is 35.3 Å². The summed E-state index contributed by atoms with van der Waals surface area (Å²) >= 11 is 0. The molecule has 0 fully saturated rings. The average Bonchev–Trinajstić information content (AvgIpc) is 3.14. The molecule has 0 spiro atoms. The van der Waals surface area contributed by atoms with Gasteiger partial charge in [0, 0.05) is 18.1 Å². The van der Waals surface area contributed by atoms with Crippen LogP contribution in [0.15, 0.2) is 49.1 Å². The molecular formula is C21H22N2O5S. The Morgan fingerprint density at radius 1 is 1.10 bits per heavy atom. The third-order valence-corrected chi connectivity index (χ3v) is 5.26. The van der Waals surface area contributed by atoms with Crippen LogP contribution in [0.2, 0.25) is 0 Å². The number of aromatic nitrogens is 2. The van der Waals surface area contributed by atoms with Crippen molar-refractivity contribution < 1.29 is 22.5 Å². The minimum Gasteiger partial charge on any atom is -0.478 e. The summed E-state index contributed by atoms with van der Waals surface area (Å²) in [4.78, 5) is 15.4. The number of carboxylic acids is 1. The van der Waals surface area contributed by atoms with Crippen LogP contribution < -0.4 is 0 Å². The second-order valence-electron chi connectivity index (χ2n) is 7.02. The highest BCUT2D eigenvalue weighted by atomic mass is 32.2. The predicted molar refractivity (Wildman–Crippen MR) is 109 cm³/mol. The minimum atomic E-state index is -3.80. The smallest absolute Gasteiger partial charge is 0.335 e. The molecule has 0 saturated carbocycles. The molecule has 1 unspecified atom stereocenters. The summed E-state index contributed by atoms with van der Waals surface area (Å²) < 4.78 is 31.5. The van der Waals surface area contributed by atoms with Gasteiger partial charge in [-0.25, -0.2) is 9.78 Å². The van der Waals surface area contributed by atoms with Crippen molar-refractivity contribution in [1.29, 1.82) is 0 Å². The number of aryl methyl sites for hydroxylation is 3. The molecule has 1 heterocycles. The van der Waals surface area contributed by atoms with Crippen LogP contribution in [0.1, 0.15) is 44.3 Å². The lowest BCUT2D eigenvalue weighted by atomic mass is 9.89. The molecule has 0 saturated heterocycles. The molecule has 1 N–H and O–H groups in total. The highest BCUT2D eigenvalue weighted by molar-refractivity contribution is 7.86. The number of hydrogen-bond donors (Lipinski definition) is 1. The molecule has 0 amide bonds. The summed E-state index contributed by atoms with van der Waals surface area (Å²) in [5.41, 5.74) is 4.39. The summed E-state index contributed by atoms with van der Waals surface area (Å²) in [6.07, 6.45) is 5.20. The molecular weight excluding hydrogens is 392 g/mol. The Labute approximate surface area is 169 Å². The van der Waals surface area contributed by atoms with Crippen molar-refractivity contribution in [1.82, 2.24) is 9.55 Å². The van der Waals surface area contributed by atoms with Gasteiger partial charge in [-0.1, -0.05) is 6.07 Å². The van der Waals surface area contributed by atoms with Crippen LogP contribution in [0, 0.1) is 20.8 Å². The third-order valence-electron chi connectivity index (χ3n) is 4.72. The lowest BCUT2D eigenvalue weighted by Gasteiger charge is -2.24. The van der Waals surface area contributed by atoms with Crippen molar-refractivity contribution in [3.05, 3.63) is 82.4 Å². The molecule has 152 valence electrons. The van der Waals surface area contributed by atoms with Gasteiger partial charge in [0.1, 0.15) is 6.10 Å². The topological polar surface area (TPSA) is 98.5 Å². The molecule has 1 aromatic heterocycles. The minimum absolute atomic E-state index is 0.144. The number of benzene rings is 2. The van der Waals surface area contributed by atoms with Gasteiger partial charge in [-0.3, -0.25) is 4.18 Å². The monoisotopic (exact) mass is 414 g/mol. The Balaban J connectivity index is 2.23. The molecule has 0 bridgehead atoms. The van der Waals surface area contributed by atoms with E-state index >= 15 is 0 Å². The zero-order chi connectivity index (χ0) is 21.3. The van der Waals surface area contributed by atoms with Gasteiger partial charge in [-0.05, 0) is 72.9 Å². The molecule has 2 aromatic carbocycles. The fraction of sp³-hybridized carbons (Fsp3) is 0.238. The van der Waals surface area contributed by atoms with Crippen molar-refractivity contribution in [3.63, 3.8) is 0 Å². The molecule has 0 aliphatic carbocycles. The number of nitrogens with zero attached hydrogens (tertiary/aromatic N) is 2. The Hall–Kier alpha value is -2.97. The zero-order valence-corrected chi connectivity index (χ0v) is 17.4. The van der Waals surface area contributed by atoms with E-state index in [4.69, 9.17) is 4.18 Å². The maximum absolute atomic E-state index is 12.1. The van der Waals surface area contributed by atoms with Crippen LogP contribution in [0.3, 0.4) is 0 Å². The van der Waals surface area contributed by atoms with E-state index in [0.29, 0.717) is 22.3 Å². The number of carbonyl (C=O) groups is 1. The van der Waals surface area contributed by atoms with E-state index in [2.05, 4.69) is 4.98 Å². The number of carboxylic acid groups (broad SMARTS) is 1. The van der Waals surface area contributed by atoms with Gasteiger partial charge in [-0.15, -0.1) is 0 Å². The highest BCUT2D eigenvalue weighted by Crippen LogP contribution is 2.35. The van der Waals surface area contributed by atoms with Crippen LogP contribution >= 0.6 is 0 Å². The summed E-state index contributed by atoms with van der Waals surface area (Å²) in [5.74, 6) is -1.04. The molecule has 3 aromatic rings. The Bertz CT molecular complexity index is 1140. The van der Waals surface area contributed by atoms with Gasteiger partial charge < -0.3 is 9.67 Å². The highest BCUT2D eigenvalue weighted by Gasteiger charge is 2.26. The molecule has 0 aliphatic heterocycles. The van der Waals surface area contributed by atoms with E-state index in [1.165, 1.54) is 12.1 Å². The van der Waals surface area contributed by atoms with E-state index in [1.807, 2.05) is 29.7 Å². The van der Waals surface area contributed by atoms with E-state index < -0.39 is 22.2 Å². The largest absolute Gasteiger partial charge is 0.478 e. The van der Waals surface area contributed by atoms with Crippen LogP contribution in [0.4, 0.5) is 0 Å². The summed E-state index contributed by atoms with van der Waals surface area (Å²) in [7, 11) is -3.80. The number of imidazole rings is 1. The third kappa shape index (κ3) is 4.55. The van der Waals surface area contributed by atoms with Gasteiger partial charge >= 0.3 is 5.97 Å². The van der Waals surface area contributed by atoms with Crippen LogP contribution in [-0.2, 0) is 14.3 Å². The molecule has 0 aliphatic rings. The summed E-state index contributed by atoms with van der Waals surface area (Å²) in [5, 5.41) is 9.32. The van der Waals surface area contributed by atoms with Crippen molar-refractivity contribution in [2.75, 3.05) is 6.26 Å². The van der Waals surface area contributed by atoms with Gasteiger partial charge in [-0.2, -0.15) is 8.42 Å². The first kappa shape index (κ1) is 20.8. The van der Waals surface area contributed by atoms with Gasteiger partial charge in [0.15, 0.2) is 0 Å². The molecule has 7 nitrogen and oxygen atoms in total. The summed E-state index contributed by atoms with van der Waals surface area (Å²) in [6.45, 7) is 5.38. The number of aromatic carboxylic acids is 1. The zero-order valence-electron chi connectivity index (χ0n) is 16.6. The van der Waals surface area contributed by atoms with Crippen molar-refractivity contribution >= 4 is 16.1 Å². The van der Waals surface area contributed by atoms with Crippen LogP contribution in [0.5, 0.6) is 0 Å². The fourth-order valence-corrected chi connectivity index (χ4v) is 3.97. The Morgan fingerprint density at radius 3 is 2.28 bits per heavy atom. The number of rotatable bonds is 6. The quantitative estimate of drug-likeness (QED) is 0.619. The van der Waals surface area contributed by atoms with Gasteiger partial charge in [0.05, 0.1) is 18.1 Å². The van der Waals surface area contributed by atoms with Gasteiger partial charge in [0.25, 0.3) is 10.1 Å². The first-order chi connectivity index (χ1) is 13.6. The van der Waals surface area contributed by atoms with E-state index in [1.54, 1.807) is 32.6 Å². The van der Waals surface area contributed by atoms with E-state index in [-0.39, 0.29) is 5.56 Å². The predicted octanol–water partition coefficient (Wildman–Crippen LogP) is 3.56. The number of hydrogen-bond acceptors (Lipinski definition) is 5.